The molecule has 9 heteroatoms. The van der Waals surface area contributed by atoms with E-state index in [4.69, 9.17) is 16.3 Å². The molecule has 1 aromatic rings. The Morgan fingerprint density at radius 1 is 1.34 bits per heavy atom. The summed E-state index contributed by atoms with van der Waals surface area (Å²) < 4.78 is 5.24. The van der Waals surface area contributed by atoms with Gasteiger partial charge in [-0.2, -0.15) is 0 Å². The smallest absolute Gasteiger partial charge is 0.408 e. The van der Waals surface area contributed by atoms with Crippen LogP contribution in [0.15, 0.2) is 36.2 Å². The first-order valence-electron chi connectivity index (χ1n) is 12.2. The lowest BCUT2D eigenvalue weighted by Gasteiger charge is -2.56. The molecule has 0 aliphatic carbocycles. The molecule has 2 aliphatic rings. The fourth-order valence-electron chi connectivity index (χ4n) is 5.62. The molecule has 0 saturated carbocycles. The van der Waals surface area contributed by atoms with E-state index in [1.165, 1.54) is 0 Å². The molecule has 1 fully saturated rings. The van der Waals surface area contributed by atoms with Gasteiger partial charge in [0.1, 0.15) is 0 Å². The fraction of sp³-hybridized carbons (Fsp3) is 0.577. The van der Waals surface area contributed by atoms with Crippen LogP contribution in [0, 0.1) is 11.8 Å². The Bertz CT molecular complexity index is 968. The van der Waals surface area contributed by atoms with Crippen LogP contribution < -0.4 is 5.32 Å². The van der Waals surface area contributed by atoms with Gasteiger partial charge in [-0.3, -0.25) is 14.7 Å². The number of amides is 1. The van der Waals surface area contributed by atoms with E-state index in [-0.39, 0.29) is 30.9 Å². The monoisotopic (exact) mass is 505 g/mol. The minimum absolute atomic E-state index is 0.0152. The maximum absolute atomic E-state index is 12.7. The Kier molecular flexibility index (Phi) is 9.33. The number of halogens is 1. The number of aliphatic hydroxyl groups excluding tert-OH is 1. The van der Waals surface area contributed by atoms with E-state index in [2.05, 4.69) is 23.3 Å². The van der Waals surface area contributed by atoms with Gasteiger partial charge in [-0.05, 0) is 56.2 Å². The number of nitrogens with zero attached hydrogens (tertiary/aromatic N) is 2. The van der Waals surface area contributed by atoms with Crippen LogP contribution in [0.25, 0.3) is 6.08 Å². The molecule has 0 spiro atoms. The minimum Gasteiger partial charge on any atom is -0.465 e. The van der Waals surface area contributed by atoms with Crippen molar-refractivity contribution in [2.24, 2.45) is 11.8 Å². The molecule has 5 atom stereocenters. The molecule has 0 radical (unpaired) electrons. The third-order valence-corrected chi connectivity index (χ3v) is 7.44. The minimum atomic E-state index is -0.976. The van der Waals surface area contributed by atoms with Gasteiger partial charge in [-0.15, -0.1) is 0 Å². The molecular formula is C26H36ClN3O5. The lowest BCUT2D eigenvalue weighted by molar-refractivity contribution is -0.145. The predicted octanol–water partition coefficient (Wildman–Crippen LogP) is 4.14. The van der Waals surface area contributed by atoms with Crippen LogP contribution in [-0.4, -0.2) is 69.5 Å². The molecule has 192 valence electrons. The molecule has 2 aliphatic heterocycles. The van der Waals surface area contributed by atoms with E-state index in [1.807, 2.05) is 32.1 Å². The lowest BCUT2D eigenvalue weighted by Crippen LogP contribution is -2.71. The normalized spacial score (nSPS) is 31.3. The quantitative estimate of drug-likeness (QED) is 0.418. The second-order valence-electron chi connectivity index (χ2n) is 9.57. The van der Waals surface area contributed by atoms with E-state index in [9.17, 15) is 19.8 Å². The average molecular weight is 506 g/mol. The van der Waals surface area contributed by atoms with Gasteiger partial charge < -0.3 is 20.3 Å². The largest absolute Gasteiger partial charge is 0.465 e. The van der Waals surface area contributed by atoms with Crippen molar-refractivity contribution in [3.8, 4) is 0 Å². The summed E-state index contributed by atoms with van der Waals surface area (Å²) in [5.74, 6) is -0.586. The molecule has 3 N–H and O–H groups in total. The van der Waals surface area contributed by atoms with Gasteiger partial charge in [0.2, 0.25) is 0 Å². The summed E-state index contributed by atoms with van der Waals surface area (Å²) in [4.78, 5) is 30.3. The van der Waals surface area contributed by atoms with Gasteiger partial charge in [0.15, 0.2) is 0 Å². The zero-order chi connectivity index (χ0) is 25.6. The second-order valence-corrected chi connectivity index (χ2v) is 10.0. The maximum atomic E-state index is 12.7. The number of esters is 1. The molecule has 3 rings (SSSR count). The highest BCUT2D eigenvalue weighted by molar-refractivity contribution is 6.30. The van der Waals surface area contributed by atoms with Gasteiger partial charge in [0, 0.05) is 37.4 Å². The van der Waals surface area contributed by atoms with Crippen LogP contribution in [-0.2, 0) is 9.53 Å². The van der Waals surface area contributed by atoms with Crippen LogP contribution in [0.5, 0.6) is 0 Å². The number of carbonyl (C=O) groups is 2. The van der Waals surface area contributed by atoms with E-state index in [0.717, 1.165) is 11.1 Å². The molecule has 1 unspecified atom stereocenters. The highest BCUT2D eigenvalue weighted by Gasteiger charge is 2.53. The number of carboxylic acid groups (broad SMARTS) is 1. The predicted molar refractivity (Wildman–Crippen MR) is 135 cm³/mol. The molecule has 0 bridgehead atoms. The highest BCUT2D eigenvalue weighted by Crippen LogP contribution is 2.44. The van der Waals surface area contributed by atoms with E-state index >= 15 is 0 Å². The van der Waals surface area contributed by atoms with Crippen molar-refractivity contribution in [2.75, 3.05) is 19.7 Å². The number of nitrogens with one attached hydrogen (secondary N) is 1. The summed E-state index contributed by atoms with van der Waals surface area (Å²) in [6.45, 7) is 7.19. The second kappa shape index (κ2) is 12.0. The Morgan fingerprint density at radius 3 is 2.83 bits per heavy atom. The number of hydrogen-bond acceptors (Lipinski definition) is 6. The number of pyridine rings is 1. The zero-order valence-electron chi connectivity index (χ0n) is 20.6. The number of aromatic nitrogens is 1. The average Bonchev–Trinajstić information content (AvgIpc) is 2.79. The maximum Gasteiger partial charge on any atom is 0.408 e. The van der Waals surface area contributed by atoms with E-state index < -0.39 is 23.7 Å². The summed E-state index contributed by atoms with van der Waals surface area (Å²) >= 11 is 6.18. The van der Waals surface area contributed by atoms with Crippen molar-refractivity contribution in [3.63, 3.8) is 0 Å². The van der Waals surface area contributed by atoms with Crippen molar-refractivity contribution in [1.82, 2.24) is 15.2 Å². The first-order valence-corrected chi connectivity index (χ1v) is 12.6. The Morgan fingerprint density at radius 2 is 2.11 bits per heavy atom. The third-order valence-electron chi connectivity index (χ3n) is 7.23. The summed E-state index contributed by atoms with van der Waals surface area (Å²) in [7, 11) is 0. The summed E-state index contributed by atoms with van der Waals surface area (Å²) in [6, 6.07) is 1.62. The number of ether oxygens (including phenoxy) is 1. The first kappa shape index (κ1) is 27.2. The topological polar surface area (TPSA) is 112 Å². The molecule has 1 saturated heterocycles. The van der Waals surface area contributed by atoms with Crippen molar-refractivity contribution in [2.45, 2.75) is 64.1 Å². The van der Waals surface area contributed by atoms with Crippen molar-refractivity contribution >= 4 is 29.7 Å². The van der Waals surface area contributed by atoms with Gasteiger partial charge in [-0.25, -0.2) is 4.79 Å². The molecule has 1 amide bonds. The zero-order valence-corrected chi connectivity index (χ0v) is 21.4. The summed E-state index contributed by atoms with van der Waals surface area (Å²) in [5.41, 5.74) is 0.780. The molecule has 35 heavy (non-hydrogen) atoms. The SMILES string of the molecule is C/C(=C\c1cncc(Cl)c1)[C@@]1(C2C=CCCOC(=O)C[C@H](O)CC[C@@H]2C)[C@H](C)NCCN1C(=O)O. The van der Waals surface area contributed by atoms with Crippen LogP contribution >= 0.6 is 11.6 Å². The van der Waals surface area contributed by atoms with Crippen LogP contribution in [0.2, 0.25) is 5.02 Å². The molecule has 0 aromatic carbocycles. The third kappa shape index (κ3) is 6.23. The van der Waals surface area contributed by atoms with Crippen LogP contribution in [0.4, 0.5) is 4.79 Å². The van der Waals surface area contributed by atoms with Crippen molar-refractivity contribution in [3.05, 3.63) is 46.8 Å². The van der Waals surface area contributed by atoms with Crippen molar-refractivity contribution in [1.29, 1.82) is 0 Å². The van der Waals surface area contributed by atoms with Crippen LogP contribution in [0.3, 0.4) is 0 Å². The number of rotatable bonds is 3. The molecule has 1 aromatic heterocycles. The fourth-order valence-corrected chi connectivity index (χ4v) is 5.80. The number of aliphatic hydroxyl groups is 1. The van der Waals surface area contributed by atoms with E-state index in [0.29, 0.717) is 37.4 Å². The number of hydrogen-bond donors (Lipinski definition) is 3. The lowest BCUT2D eigenvalue weighted by atomic mass is 9.65. The van der Waals surface area contributed by atoms with Gasteiger partial charge in [0.05, 0.1) is 29.7 Å². The van der Waals surface area contributed by atoms with Gasteiger partial charge in [0.25, 0.3) is 0 Å². The van der Waals surface area contributed by atoms with Gasteiger partial charge in [-0.1, -0.05) is 36.8 Å². The Balaban J connectivity index is 2.14. The number of carbonyl (C=O) groups excluding carboxylic acids is 1. The Hall–Kier alpha value is -2.42. The van der Waals surface area contributed by atoms with E-state index in [1.54, 1.807) is 17.3 Å². The Labute approximate surface area is 212 Å². The number of piperazine rings is 1. The van der Waals surface area contributed by atoms with Crippen LogP contribution in [0.1, 0.15) is 52.0 Å². The number of cyclic esters (lactones) is 1. The highest BCUT2D eigenvalue weighted by atomic mass is 35.5. The summed E-state index contributed by atoms with van der Waals surface area (Å²) in [5, 5.41) is 24.8. The van der Waals surface area contributed by atoms with Gasteiger partial charge >= 0.3 is 12.1 Å². The van der Waals surface area contributed by atoms with Crippen molar-refractivity contribution < 1.29 is 24.5 Å². The molecule has 3 heterocycles. The standard InChI is InChI=1S/C26H36ClN3O5/c1-17-7-8-22(31)14-24(32)35-11-5-4-6-23(17)26(19(3)29-9-10-30(26)25(33)34)18(2)12-20-13-21(27)16-28-15-20/h4,6,12-13,15-17,19,22-23,29,31H,5,7-11,14H2,1-3H3,(H,33,34)/b6-4?,18-12+/t17-,19-,22+,23?,26-/m0/s1. The molecular weight excluding hydrogens is 470 g/mol. The summed E-state index contributed by atoms with van der Waals surface area (Å²) in [6.07, 6.45) is 9.03. The molecule has 8 nitrogen and oxygen atoms in total. The first-order chi connectivity index (χ1) is 16.7.